The van der Waals surface area contributed by atoms with E-state index in [0.29, 0.717) is 12.2 Å². The maximum absolute atomic E-state index is 12.6. The first kappa shape index (κ1) is 18.7. The van der Waals surface area contributed by atoms with Crippen LogP contribution in [-0.4, -0.2) is 57.6 Å². The molecular formula is C22H27N5O. The minimum atomic E-state index is -0.0852. The maximum Gasteiger partial charge on any atom is 0.263 e. The van der Waals surface area contributed by atoms with Gasteiger partial charge in [0.05, 0.1) is 17.6 Å². The zero-order chi connectivity index (χ0) is 19.5. The van der Waals surface area contributed by atoms with Crippen LogP contribution in [0.25, 0.3) is 11.0 Å². The molecule has 1 aliphatic rings. The average molecular weight is 377 g/mol. The fourth-order valence-electron chi connectivity index (χ4n) is 3.91. The number of imidazole rings is 1. The van der Waals surface area contributed by atoms with E-state index in [4.69, 9.17) is 0 Å². The lowest BCUT2D eigenvalue weighted by Gasteiger charge is -2.33. The Bertz CT molecular complexity index is 984. The van der Waals surface area contributed by atoms with Crippen LogP contribution in [0.15, 0.2) is 59.6 Å². The van der Waals surface area contributed by atoms with Crippen molar-refractivity contribution in [3.63, 3.8) is 0 Å². The molecule has 6 heteroatoms. The molecule has 0 N–H and O–H groups in total. The third-order valence-corrected chi connectivity index (χ3v) is 5.50. The highest BCUT2D eigenvalue weighted by atomic mass is 16.1. The van der Waals surface area contributed by atoms with Crippen LogP contribution in [0, 0.1) is 0 Å². The number of aromatic nitrogens is 2. The second-order valence-corrected chi connectivity index (χ2v) is 7.45. The van der Waals surface area contributed by atoms with Gasteiger partial charge in [0.2, 0.25) is 5.62 Å². The van der Waals surface area contributed by atoms with Crippen molar-refractivity contribution < 1.29 is 4.79 Å². The fraction of sp³-hybridized carbons (Fsp3) is 0.364. The number of amides is 1. The highest BCUT2D eigenvalue weighted by molar-refractivity contribution is 5.80. The number of hydrogen-bond acceptors (Lipinski definition) is 3. The molecule has 0 radical (unpaired) electrons. The number of piperazine rings is 1. The first-order valence-electron chi connectivity index (χ1n) is 9.78. The van der Waals surface area contributed by atoms with E-state index in [1.165, 1.54) is 5.56 Å². The van der Waals surface area contributed by atoms with Gasteiger partial charge < -0.3 is 9.13 Å². The number of aryl methyl sites for hydroxylation is 2. The summed E-state index contributed by atoms with van der Waals surface area (Å²) >= 11 is 0. The number of fused-ring (bicyclic) bond motifs is 1. The van der Waals surface area contributed by atoms with E-state index >= 15 is 0 Å². The lowest BCUT2D eigenvalue weighted by atomic mass is 10.2. The van der Waals surface area contributed by atoms with Crippen molar-refractivity contribution in [2.45, 2.75) is 6.54 Å². The molecule has 0 spiro atoms. The first-order valence-corrected chi connectivity index (χ1v) is 9.78. The fourth-order valence-corrected chi connectivity index (χ4v) is 3.91. The van der Waals surface area contributed by atoms with Gasteiger partial charge in [-0.15, -0.1) is 0 Å². The van der Waals surface area contributed by atoms with Crippen LogP contribution in [0.5, 0.6) is 0 Å². The molecule has 1 aromatic heterocycles. The predicted molar refractivity (Wildman–Crippen MR) is 111 cm³/mol. The largest absolute Gasteiger partial charge is 0.313 e. The van der Waals surface area contributed by atoms with Crippen LogP contribution >= 0.6 is 0 Å². The number of rotatable bonds is 4. The molecule has 0 aliphatic carbocycles. The highest BCUT2D eigenvalue weighted by Crippen LogP contribution is 2.10. The zero-order valence-electron chi connectivity index (χ0n) is 16.6. The Morgan fingerprint density at radius 1 is 0.821 bits per heavy atom. The second kappa shape index (κ2) is 8.12. The average Bonchev–Trinajstić information content (AvgIpc) is 2.95. The van der Waals surface area contributed by atoms with Crippen LogP contribution in [0.2, 0.25) is 0 Å². The topological polar surface area (TPSA) is 45.8 Å². The van der Waals surface area contributed by atoms with E-state index in [0.717, 1.165) is 43.8 Å². The maximum atomic E-state index is 12.6. The van der Waals surface area contributed by atoms with Crippen LogP contribution in [0.1, 0.15) is 5.56 Å². The number of nitrogens with zero attached hydrogens (tertiary/aromatic N) is 5. The summed E-state index contributed by atoms with van der Waals surface area (Å²) in [6.45, 7) is 5.10. The summed E-state index contributed by atoms with van der Waals surface area (Å²) in [7, 11) is 3.91. The molecule has 1 saturated heterocycles. The minimum absolute atomic E-state index is 0.0852. The number of carbonyl (C=O) groups is 1. The SMILES string of the molecule is Cn1c(=NC(=O)CN2CCN(Cc3ccccc3)CC2)n(C)c2ccccc21. The van der Waals surface area contributed by atoms with Crippen molar-refractivity contribution in [3.8, 4) is 0 Å². The molecule has 2 aromatic carbocycles. The first-order chi connectivity index (χ1) is 13.6. The Hall–Kier alpha value is -2.70. The minimum Gasteiger partial charge on any atom is -0.313 e. The van der Waals surface area contributed by atoms with E-state index in [2.05, 4.69) is 39.1 Å². The van der Waals surface area contributed by atoms with Gasteiger partial charge in [0.1, 0.15) is 0 Å². The Morgan fingerprint density at radius 2 is 1.36 bits per heavy atom. The van der Waals surface area contributed by atoms with Crippen LogP contribution < -0.4 is 5.62 Å². The van der Waals surface area contributed by atoms with Crippen LogP contribution in [-0.2, 0) is 25.4 Å². The normalized spacial score (nSPS) is 15.8. The van der Waals surface area contributed by atoms with Gasteiger partial charge in [0.15, 0.2) is 0 Å². The summed E-state index contributed by atoms with van der Waals surface area (Å²) in [5, 5.41) is 0. The van der Waals surface area contributed by atoms with Gasteiger partial charge in [-0.2, -0.15) is 4.99 Å². The Balaban J connectivity index is 1.38. The molecule has 1 aliphatic heterocycles. The van der Waals surface area contributed by atoms with Crippen molar-refractivity contribution in [2.75, 3.05) is 32.7 Å². The van der Waals surface area contributed by atoms with Gasteiger partial charge in [-0.25, -0.2) is 0 Å². The summed E-state index contributed by atoms with van der Waals surface area (Å²) in [6.07, 6.45) is 0. The second-order valence-electron chi connectivity index (χ2n) is 7.45. The van der Waals surface area contributed by atoms with Crippen LogP contribution in [0.4, 0.5) is 0 Å². The van der Waals surface area contributed by atoms with Gasteiger partial charge >= 0.3 is 0 Å². The predicted octanol–water partition coefficient (Wildman–Crippen LogP) is 1.76. The van der Waals surface area contributed by atoms with Gasteiger partial charge in [0.25, 0.3) is 5.91 Å². The summed E-state index contributed by atoms with van der Waals surface area (Å²) in [4.78, 5) is 21.6. The number of benzene rings is 2. The molecule has 28 heavy (non-hydrogen) atoms. The molecule has 0 atom stereocenters. The number of para-hydroxylation sites is 2. The molecular weight excluding hydrogens is 350 g/mol. The van der Waals surface area contributed by atoms with Crippen LogP contribution in [0.3, 0.4) is 0 Å². The van der Waals surface area contributed by atoms with Crippen molar-refractivity contribution >= 4 is 16.9 Å². The Labute approximate surface area is 165 Å². The van der Waals surface area contributed by atoms with E-state index < -0.39 is 0 Å². The lowest BCUT2D eigenvalue weighted by molar-refractivity contribution is -0.119. The summed E-state index contributed by atoms with van der Waals surface area (Å²) in [5.41, 5.74) is 4.18. The molecule has 146 valence electrons. The van der Waals surface area contributed by atoms with Crippen molar-refractivity contribution in [3.05, 3.63) is 65.8 Å². The molecule has 4 rings (SSSR count). The van der Waals surface area contributed by atoms with E-state index in [1.54, 1.807) is 0 Å². The third kappa shape index (κ3) is 3.93. The molecule has 3 aromatic rings. The van der Waals surface area contributed by atoms with Gasteiger partial charge in [-0.05, 0) is 17.7 Å². The summed E-state index contributed by atoms with van der Waals surface area (Å²) < 4.78 is 3.95. The van der Waals surface area contributed by atoms with Crippen molar-refractivity contribution in [1.29, 1.82) is 0 Å². The summed E-state index contributed by atoms with van der Waals surface area (Å²) in [5.74, 6) is -0.0852. The van der Waals surface area contributed by atoms with Gasteiger partial charge in [0, 0.05) is 46.8 Å². The van der Waals surface area contributed by atoms with E-state index in [-0.39, 0.29) is 5.91 Å². The molecule has 1 amide bonds. The number of hydrogen-bond donors (Lipinski definition) is 0. The lowest BCUT2D eigenvalue weighted by Crippen LogP contribution is -2.47. The highest BCUT2D eigenvalue weighted by Gasteiger charge is 2.19. The molecule has 0 saturated carbocycles. The smallest absolute Gasteiger partial charge is 0.263 e. The van der Waals surface area contributed by atoms with Crippen molar-refractivity contribution in [1.82, 2.24) is 18.9 Å². The zero-order valence-corrected chi connectivity index (χ0v) is 16.6. The molecule has 1 fully saturated rings. The Morgan fingerprint density at radius 3 is 1.96 bits per heavy atom. The molecule has 0 unspecified atom stereocenters. The molecule has 6 nitrogen and oxygen atoms in total. The standard InChI is InChI=1S/C22H27N5O/c1-24-19-10-6-7-11-20(19)25(2)22(24)23-21(28)17-27-14-12-26(13-15-27)16-18-8-4-3-5-9-18/h3-11H,12-17H2,1-2H3. The Kier molecular flexibility index (Phi) is 5.41. The van der Waals surface area contributed by atoms with Gasteiger partial charge in [-0.3, -0.25) is 14.6 Å². The van der Waals surface area contributed by atoms with Gasteiger partial charge in [-0.1, -0.05) is 42.5 Å². The third-order valence-electron chi connectivity index (χ3n) is 5.50. The molecule has 2 heterocycles. The number of carbonyl (C=O) groups excluding carboxylic acids is 1. The van der Waals surface area contributed by atoms with E-state index in [9.17, 15) is 4.79 Å². The molecule has 0 bridgehead atoms. The summed E-state index contributed by atoms with van der Waals surface area (Å²) in [6, 6.07) is 18.6. The van der Waals surface area contributed by atoms with E-state index in [1.807, 2.05) is 53.6 Å². The quantitative estimate of drug-likeness (QED) is 0.696. The monoisotopic (exact) mass is 377 g/mol. The van der Waals surface area contributed by atoms with Crippen molar-refractivity contribution in [2.24, 2.45) is 19.1 Å².